The van der Waals surface area contributed by atoms with E-state index in [1.54, 1.807) is 0 Å². The van der Waals surface area contributed by atoms with Crippen LogP contribution >= 0.6 is 0 Å². The Morgan fingerprint density at radius 2 is 1.94 bits per heavy atom. The fourth-order valence-electron chi connectivity index (χ4n) is 8.93. The zero-order valence-corrected chi connectivity index (χ0v) is 22.5. The molecule has 4 nitrogen and oxygen atoms in total. The lowest BCUT2D eigenvalue weighted by molar-refractivity contribution is -0.151. The minimum atomic E-state index is -0.606. The highest BCUT2D eigenvalue weighted by atomic mass is 16.5. The van der Waals surface area contributed by atoms with Gasteiger partial charge in [-0.05, 0) is 119 Å². The molecule has 8 atom stereocenters. The van der Waals surface area contributed by atoms with Gasteiger partial charge < -0.3 is 9.84 Å². The number of ether oxygens (including phenoxy) is 1. The van der Waals surface area contributed by atoms with E-state index in [0.717, 1.165) is 37.5 Å². The Bertz CT molecular complexity index is 822. The number of fused-ring (bicyclic) bond motifs is 5. The molecule has 1 unspecified atom stereocenters. The highest BCUT2D eigenvalue weighted by molar-refractivity contribution is 5.99. The highest BCUT2D eigenvalue weighted by Gasteiger charge is 2.59. The van der Waals surface area contributed by atoms with Crippen LogP contribution in [0.15, 0.2) is 11.6 Å². The molecule has 0 saturated heterocycles. The van der Waals surface area contributed by atoms with Crippen LogP contribution in [0, 0.1) is 46.3 Å². The summed E-state index contributed by atoms with van der Waals surface area (Å²) in [6.07, 6.45) is 12.6. The Balaban J connectivity index is 1.54. The van der Waals surface area contributed by atoms with Crippen molar-refractivity contribution >= 4 is 11.8 Å². The molecule has 4 heteroatoms. The van der Waals surface area contributed by atoms with E-state index in [-0.39, 0.29) is 17.2 Å². The molecular formula is C30H48O4. The summed E-state index contributed by atoms with van der Waals surface area (Å²) in [5.74, 6) is 2.58. The molecule has 0 radical (unpaired) electrons. The van der Waals surface area contributed by atoms with Crippen molar-refractivity contribution in [3.63, 3.8) is 0 Å². The van der Waals surface area contributed by atoms with Gasteiger partial charge in [-0.1, -0.05) is 32.4 Å². The Hall–Kier alpha value is -1.16. The van der Waals surface area contributed by atoms with Gasteiger partial charge in [0.1, 0.15) is 11.7 Å². The van der Waals surface area contributed by atoms with Crippen molar-refractivity contribution in [2.45, 2.75) is 111 Å². The van der Waals surface area contributed by atoms with Crippen molar-refractivity contribution in [1.29, 1.82) is 0 Å². The topological polar surface area (TPSA) is 63.6 Å². The van der Waals surface area contributed by atoms with Crippen LogP contribution in [0.1, 0.15) is 106 Å². The quantitative estimate of drug-likeness (QED) is 0.272. The molecule has 34 heavy (non-hydrogen) atoms. The van der Waals surface area contributed by atoms with Gasteiger partial charge in [0.2, 0.25) is 0 Å². The van der Waals surface area contributed by atoms with Gasteiger partial charge in [0.25, 0.3) is 0 Å². The molecule has 4 rings (SSSR count). The van der Waals surface area contributed by atoms with Crippen LogP contribution in [0.25, 0.3) is 0 Å². The predicted molar refractivity (Wildman–Crippen MR) is 135 cm³/mol. The Morgan fingerprint density at radius 3 is 2.62 bits per heavy atom. The third-order valence-corrected chi connectivity index (χ3v) is 10.9. The summed E-state index contributed by atoms with van der Waals surface area (Å²) in [6.45, 7) is 13.4. The van der Waals surface area contributed by atoms with Gasteiger partial charge in [-0.15, -0.1) is 0 Å². The van der Waals surface area contributed by atoms with Crippen molar-refractivity contribution < 1.29 is 19.4 Å². The van der Waals surface area contributed by atoms with Crippen molar-refractivity contribution in [1.82, 2.24) is 0 Å². The van der Waals surface area contributed by atoms with Gasteiger partial charge in [0.05, 0.1) is 12.2 Å². The van der Waals surface area contributed by atoms with Crippen molar-refractivity contribution in [3.8, 4) is 0 Å². The SMILES string of the molecule is CCOC(=O)C1CC2=CC[C@H]3[C@@H]4CC[C@H]([C@H](C)CCC(C)(C)O)[C@@]4(C)CC[C@@H]3[C@@]2(C)CCC1=O. The minimum Gasteiger partial charge on any atom is -0.465 e. The molecule has 0 aromatic heterocycles. The molecular weight excluding hydrogens is 424 g/mol. The summed E-state index contributed by atoms with van der Waals surface area (Å²) >= 11 is 0. The van der Waals surface area contributed by atoms with E-state index in [1.807, 2.05) is 20.8 Å². The molecule has 3 saturated carbocycles. The lowest BCUT2D eigenvalue weighted by Gasteiger charge is -2.57. The second-order valence-electron chi connectivity index (χ2n) is 13.3. The van der Waals surface area contributed by atoms with Gasteiger partial charge in [0, 0.05) is 6.42 Å². The van der Waals surface area contributed by atoms with E-state index in [2.05, 4.69) is 26.8 Å². The molecule has 4 aliphatic carbocycles. The average molecular weight is 473 g/mol. The summed E-state index contributed by atoms with van der Waals surface area (Å²) in [5.41, 5.74) is 1.19. The maximum Gasteiger partial charge on any atom is 0.316 e. The van der Waals surface area contributed by atoms with Gasteiger partial charge in [-0.3, -0.25) is 9.59 Å². The number of rotatable bonds is 6. The standard InChI is InChI=1S/C30H48O4/c1-7-34-27(32)22-18-20-8-9-21-24-11-10-23(19(2)12-15-28(3,4)33)30(24,6)16-13-25(21)29(20,5)17-14-26(22)31/h8,19,21-25,33H,7,9-18H2,1-6H3/t19-,21+,22?,23-,24+,25+,29+,30-/m1/s1. The van der Waals surface area contributed by atoms with Crippen molar-refractivity contribution in [2.75, 3.05) is 6.61 Å². The van der Waals surface area contributed by atoms with Crippen LogP contribution in [0.2, 0.25) is 0 Å². The maximum absolute atomic E-state index is 12.9. The number of carbonyl (C=O) groups is 2. The fraction of sp³-hybridized carbons (Fsp3) is 0.867. The molecule has 4 aliphatic rings. The molecule has 0 bridgehead atoms. The number of carbonyl (C=O) groups excluding carboxylic acids is 2. The Labute approximate surface area is 207 Å². The lowest BCUT2D eigenvalue weighted by Crippen LogP contribution is -2.49. The second kappa shape index (κ2) is 9.37. The van der Waals surface area contributed by atoms with E-state index in [4.69, 9.17) is 4.74 Å². The highest BCUT2D eigenvalue weighted by Crippen LogP contribution is 2.67. The minimum absolute atomic E-state index is 0.0335. The van der Waals surface area contributed by atoms with Crippen LogP contribution in [0.4, 0.5) is 0 Å². The van der Waals surface area contributed by atoms with Crippen LogP contribution in [-0.2, 0) is 14.3 Å². The molecule has 0 aliphatic heterocycles. The van der Waals surface area contributed by atoms with Crippen LogP contribution < -0.4 is 0 Å². The number of Topliss-reactive ketones (excluding diaryl/α,β-unsaturated/α-hetero) is 1. The van der Waals surface area contributed by atoms with Gasteiger partial charge >= 0.3 is 5.97 Å². The summed E-state index contributed by atoms with van der Waals surface area (Å²) in [6, 6.07) is 0. The van der Waals surface area contributed by atoms with Crippen molar-refractivity contribution in [2.24, 2.45) is 46.3 Å². The molecule has 0 amide bonds. The summed E-state index contributed by atoms with van der Waals surface area (Å²) in [5, 5.41) is 10.3. The van der Waals surface area contributed by atoms with E-state index in [9.17, 15) is 14.7 Å². The molecule has 1 N–H and O–H groups in total. The Morgan fingerprint density at radius 1 is 1.21 bits per heavy atom. The molecule has 0 spiro atoms. The number of aliphatic hydroxyl groups is 1. The van der Waals surface area contributed by atoms with Crippen LogP contribution in [0.5, 0.6) is 0 Å². The van der Waals surface area contributed by atoms with E-state index in [0.29, 0.717) is 42.6 Å². The van der Waals surface area contributed by atoms with Crippen LogP contribution in [0.3, 0.4) is 0 Å². The van der Waals surface area contributed by atoms with E-state index >= 15 is 0 Å². The number of allylic oxidation sites excluding steroid dienone is 2. The largest absolute Gasteiger partial charge is 0.465 e. The molecule has 3 fully saturated rings. The first-order valence-electron chi connectivity index (χ1n) is 14.0. The van der Waals surface area contributed by atoms with Gasteiger partial charge in [0.15, 0.2) is 0 Å². The van der Waals surface area contributed by atoms with Crippen molar-refractivity contribution in [3.05, 3.63) is 11.6 Å². The Kier molecular flexibility index (Phi) is 7.15. The van der Waals surface area contributed by atoms with E-state index in [1.165, 1.54) is 31.3 Å². The fourth-order valence-corrected chi connectivity index (χ4v) is 8.93. The molecule has 0 aromatic carbocycles. The number of hydrogen-bond acceptors (Lipinski definition) is 4. The third-order valence-electron chi connectivity index (χ3n) is 10.9. The molecule has 192 valence electrons. The summed E-state index contributed by atoms with van der Waals surface area (Å²) in [7, 11) is 0. The predicted octanol–water partition coefficient (Wildman–Crippen LogP) is 6.50. The first-order valence-corrected chi connectivity index (χ1v) is 14.0. The van der Waals surface area contributed by atoms with Gasteiger partial charge in [-0.2, -0.15) is 0 Å². The molecule has 0 aromatic rings. The first-order chi connectivity index (χ1) is 15.9. The monoisotopic (exact) mass is 472 g/mol. The van der Waals surface area contributed by atoms with Gasteiger partial charge in [-0.25, -0.2) is 0 Å². The zero-order valence-electron chi connectivity index (χ0n) is 22.5. The number of esters is 1. The van der Waals surface area contributed by atoms with Crippen LogP contribution in [-0.4, -0.2) is 29.1 Å². The number of hydrogen-bond donors (Lipinski definition) is 1. The first kappa shape index (κ1) is 25.9. The average Bonchev–Trinajstić information content (AvgIpc) is 3.05. The second-order valence-corrected chi connectivity index (χ2v) is 13.3. The summed E-state index contributed by atoms with van der Waals surface area (Å²) in [4.78, 5) is 25.5. The maximum atomic E-state index is 12.9. The third kappa shape index (κ3) is 4.53. The molecule has 0 heterocycles. The number of ketones is 1. The normalized spacial score (nSPS) is 41.0. The summed E-state index contributed by atoms with van der Waals surface area (Å²) < 4.78 is 5.27. The zero-order chi connectivity index (χ0) is 24.9. The van der Waals surface area contributed by atoms with E-state index < -0.39 is 11.5 Å². The smallest absolute Gasteiger partial charge is 0.316 e. The lowest BCUT2D eigenvalue weighted by atomic mass is 9.48.